The molecule has 2 aliphatic carbocycles. The number of benzene rings is 2. The van der Waals surface area contributed by atoms with E-state index in [-0.39, 0.29) is 5.41 Å². The van der Waals surface area contributed by atoms with Crippen molar-refractivity contribution < 1.29 is 9.47 Å². The minimum absolute atomic E-state index is 0.0247. The summed E-state index contributed by atoms with van der Waals surface area (Å²) in [6.07, 6.45) is 9.94. The molecule has 3 aliphatic rings. The zero-order chi connectivity index (χ0) is 17.6. The van der Waals surface area contributed by atoms with E-state index in [1.54, 1.807) is 7.11 Å². The van der Waals surface area contributed by atoms with Gasteiger partial charge in [0.2, 0.25) is 0 Å². The molecule has 2 aromatic carbocycles. The second kappa shape index (κ2) is 6.03. The molecule has 132 valence electrons. The summed E-state index contributed by atoms with van der Waals surface area (Å²) in [7, 11) is 1.73. The molecule has 0 amide bonds. The lowest BCUT2D eigenvalue weighted by molar-refractivity contribution is 0.303. The summed E-state index contributed by atoms with van der Waals surface area (Å²) in [6.45, 7) is 1.04. The molecule has 1 N–H and O–H groups in total. The number of methoxy groups -OCH3 is 1. The lowest BCUT2D eigenvalue weighted by Crippen LogP contribution is -2.53. The predicted molar refractivity (Wildman–Crippen MR) is 103 cm³/mol. The summed E-state index contributed by atoms with van der Waals surface area (Å²) >= 11 is 0. The summed E-state index contributed by atoms with van der Waals surface area (Å²) in [6, 6.07) is 14.7. The van der Waals surface area contributed by atoms with Crippen molar-refractivity contribution in [2.45, 2.75) is 30.7 Å². The number of fused-ring (bicyclic) bond motifs is 1. The fraction of sp³-hybridized carbons (Fsp3) is 0.304. The molecule has 0 spiro atoms. The molecule has 0 saturated carbocycles. The molecule has 1 fully saturated rings. The van der Waals surface area contributed by atoms with Crippen LogP contribution in [-0.2, 0) is 11.8 Å². The van der Waals surface area contributed by atoms with Gasteiger partial charge in [0.25, 0.3) is 0 Å². The molecule has 2 atom stereocenters. The van der Waals surface area contributed by atoms with Crippen molar-refractivity contribution >= 4 is 0 Å². The average molecular weight is 345 g/mol. The number of piperidine rings is 1. The van der Waals surface area contributed by atoms with Crippen LogP contribution in [-0.4, -0.2) is 19.7 Å². The van der Waals surface area contributed by atoms with Crippen molar-refractivity contribution in [3.05, 3.63) is 77.4 Å². The molecule has 1 saturated heterocycles. The van der Waals surface area contributed by atoms with E-state index in [2.05, 4.69) is 35.7 Å². The lowest BCUT2D eigenvalue weighted by Gasteiger charge is -2.50. The topological polar surface area (TPSA) is 30.5 Å². The Morgan fingerprint density at radius 3 is 2.85 bits per heavy atom. The van der Waals surface area contributed by atoms with Crippen molar-refractivity contribution in [2.24, 2.45) is 0 Å². The summed E-state index contributed by atoms with van der Waals surface area (Å²) in [5.41, 5.74) is 4.23. The number of hydrogen-bond acceptors (Lipinski definition) is 3. The van der Waals surface area contributed by atoms with Crippen LogP contribution in [0.15, 0.2) is 66.3 Å². The Hall–Kier alpha value is -2.52. The molecular weight excluding hydrogens is 322 g/mol. The van der Waals surface area contributed by atoms with Crippen LogP contribution in [0.4, 0.5) is 0 Å². The van der Waals surface area contributed by atoms with Crippen LogP contribution >= 0.6 is 0 Å². The van der Waals surface area contributed by atoms with Gasteiger partial charge in [0.1, 0.15) is 5.75 Å². The molecule has 2 unspecified atom stereocenters. The van der Waals surface area contributed by atoms with E-state index in [0.29, 0.717) is 6.04 Å². The van der Waals surface area contributed by atoms with Gasteiger partial charge >= 0.3 is 0 Å². The van der Waals surface area contributed by atoms with Crippen molar-refractivity contribution in [1.82, 2.24) is 5.32 Å². The van der Waals surface area contributed by atoms with Crippen LogP contribution in [0.3, 0.4) is 0 Å². The number of hydrogen-bond donors (Lipinski definition) is 1. The van der Waals surface area contributed by atoms with Gasteiger partial charge in [-0.15, -0.1) is 0 Å². The quantitative estimate of drug-likeness (QED) is 0.886. The average Bonchev–Trinajstić information content (AvgIpc) is 2.68. The Balaban J connectivity index is 1.73. The lowest BCUT2D eigenvalue weighted by atomic mass is 9.58. The molecule has 26 heavy (non-hydrogen) atoms. The van der Waals surface area contributed by atoms with Gasteiger partial charge in [0.15, 0.2) is 11.5 Å². The Labute approximate surface area is 154 Å². The highest BCUT2D eigenvalue weighted by atomic mass is 16.5. The summed E-state index contributed by atoms with van der Waals surface area (Å²) in [5.74, 6) is 2.55. The van der Waals surface area contributed by atoms with Gasteiger partial charge in [-0.05, 0) is 55.1 Å². The first-order chi connectivity index (χ1) is 12.8. The Morgan fingerprint density at radius 2 is 2.00 bits per heavy atom. The van der Waals surface area contributed by atoms with Gasteiger partial charge in [-0.1, -0.05) is 42.5 Å². The molecule has 3 heteroatoms. The second-order valence-corrected chi connectivity index (χ2v) is 7.34. The number of para-hydroxylation sites is 1. The Morgan fingerprint density at radius 1 is 1.12 bits per heavy atom. The number of allylic oxidation sites excluding steroid dienone is 3. The fourth-order valence-corrected chi connectivity index (χ4v) is 4.93. The molecule has 1 heterocycles. The molecule has 2 bridgehead atoms. The summed E-state index contributed by atoms with van der Waals surface area (Å²) in [4.78, 5) is 0. The SMILES string of the molecule is COc1ccc2c(c1Oc1ccccc1)C13CC=CC=C1C(C2)NCC3. The molecule has 1 aliphatic heterocycles. The molecule has 0 radical (unpaired) electrons. The predicted octanol–water partition coefficient (Wildman–Crippen LogP) is 4.53. The first-order valence-corrected chi connectivity index (χ1v) is 9.36. The van der Waals surface area contributed by atoms with Crippen LogP contribution in [0.5, 0.6) is 17.2 Å². The number of rotatable bonds is 3. The van der Waals surface area contributed by atoms with Gasteiger partial charge < -0.3 is 14.8 Å². The second-order valence-electron chi connectivity index (χ2n) is 7.34. The van der Waals surface area contributed by atoms with E-state index in [4.69, 9.17) is 9.47 Å². The maximum absolute atomic E-state index is 6.44. The van der Waals surface area contributed by atoms with Crippen LogP contribution in [0.1, 0.15) is 24.0 Å². The van der Waals surface area contributed by atoms with Gasteiger partial charge in [-0.3, -0.25) is 0 Å². The first kappa shape index (κ1) is 15.7. The van der Waals surface area contributed by atoms with Crippen molar-refractivity contribution in [1.29, 1.82) is 0 Å². The van der Waals surface area contributed by atoms with Gasteiger partial charge in [-0.2, -0.15) is 0 Å². The van der Waals surface area contributed by atoms with Crippen LogP contribution in [0.25, 0.3) is 0 Å². The van der Waals surface area contributed by atoms with E-state index in [0.717, 1.165) is 43.1 Å². The smallest absolute Gasteiger partial charge is 0.173 e. The van der Waals surface area contributed by atoms with Gasteiger partial charge in [-0.25, -0.2) is 0 Å². The maximum atomic E-state index is 6.44. The Bertz CT molecular complexity index is 900. The molecule has 5 rings (SSSR count). The standard InChI is InChI=1S/C23H23NO2/c1-25-20-11-10-16-15-19-18-9-5-6-12-23(18,13-14-24-19)21(16)22(20)26-17-7-3-2-4-8-17/h2-11,19,24H,12-15H2,1H3. The van der Waals surface area contributed by atoms with Crippen molar-refractivity contribution in [3.63, 3.8) is 0 Å². The normalized spacial score (nSPS) is 25.7. The number of nitrogens with one attached hydrogen (secondary N) is 1. The minimum atomic E-state index is 0.0247. The largest absolute Gasteiger partial charge is 0.493 e. The molecule has 3 nitrogen and oxygen atoms in total. The summed E-state index contributed by atoms with van der Waals surface area (Å²) < 4.78 is 12.2. The first-order valence-electron chi connectivity index (χ1n) is 9.36. The highest BCUT2D eigenvalue weighted by Gasteiger charge is 2.49. The zero-order valence-corrected chi connectivity index (χ0v) is 15.0. The third-order valence-corrected chi connectivity index (χ3v) is 6.04. The highest BCUT2D eigenvalue weighted by molar-refractivity contribution is 5.63. The van der Waals surface area contributed by atoms with Gasteiger partial charge in [0.05, 0.1) is 7.11 Å². The van der Waals surface area contributed by atoms with Crippen LogP contribution < -0.4 is 14.8 Å². The third kappa shape index (κ3) is 2.24. The maximum Gasteiger partial charge on any atom is 0.173 e. The van der Waals surface area contributed by atoms with E-state index in [1.165, 1.54) is 16.7 Å². The van der Waals surface area contributed by atoms with E-state index < -0.39 is 0 Å². The van der Waals surface area contributed by atoms with Gasteiger partial charge in [0, 0.05) is 17.0 Å². The minimum Gasteiger partial charge on any atom is -0.493 e. The van der Waals surface area contributed by atoms with Crippen molar-refractivity contribution in [2.75, 3.05) is 13.7 Å². The Kier molecular flexibility index (Phi) is 3.64. The van der Waals surface area contributed by atoms with E-state index in [1.807, 2.05) is 30.3 Å². The van der Waals surface area contributed by atoms with E-state index >= 15 is 0 Å². The van der Waals surface area contributed by atoms with Crippen LogP contribution in [0, 0.1) is 0 Å². The highest BCUT2D eigenvalue weighted by Crippen LogP contribution is 2.55. The molecular formula is C23H23NO2. The molecule has 0 aromatic heterocycles. The number of ether oxygens (including phenoxy) is 2. The monoisotopic (exact) mass is 345 g/mol. The zero-order valence-electron chi connectivity index (χ0n) is 15.0. The third-order valence-electron chi connectivity index (χ3n) is 6.04. The fourth-order valence-electron chi connectivity index (χ4n) is 4.93. The summed E-state index contributed by atoms with van der Waals surface area (Å²) in [5, 5.41) is 3.71. The van der Waals surface area contributed by atoms with Crippen molar-refractivity contribution in [3.8, 4) is 17.2 Å². The van der Waals surface area contributed by atoms with E-state index in [9.17, 15) is 0 Å². The van der Waals surface area contributed by atoms with Crippen LogP contribution in [0.2, 0.25) is 0 Å². The molecule has 2 aromatic rings.